The number of hydrogen-bond acceptors (Lipinski definition) is 4. The van der Waals surface area contributed by atoms with Gasteiger partial charge in [-0.05, 0) is 35.4 Å². The van der Waals surface area contributed by atoms with Gasteiger partial charge in [0, 0.05) is 46.5 Å². The van der Waals surface area contributed by atoms with E-state index in [0.29, 0.717) is 27.1 Å². The van der Waals surface area contributed by atoms with Crippen molar-refractivity contribution in [3.63, 3.8) is 0 Å². The molecule has 0 aliphatic carbocycles. The molecule has 1 fully saturated rings. The first-order valence-corrected chi connectivity index (χ1v) is 12.6. The van der Waals surface area contributed by atoms with Crippen LogP contribution in [0.15, 0.2) is 53.6 Å². The van der Waals surface area contributed by atoms with Crippen LogP contribution in [0.3, 0.4) is 0 Å². The van der Waals surface area contributed by atoms with Crippen LogP contribution in [0, 0.1) is 29.1 Å². The predicted molar refractivity (Wildman–Crippen MR) is 130 cm³/mol. The zero-order valence-corrected chi connectivity index (χ0v) is 20.2. The van der Waals surface area contributed by atoms with E-state index < -0.39 is 56.9 Å². The van der Waals surface area contributed by atoms with Gasteiger partial charge in [0.1, 0.15) is 17.8 Å². The number of nitrogens with one attached hydrogen (secondary N) is 1. The quantitative estimate of drug-likeness (QED) is 0.185. The average Bonchev–Trinajstić information content (AvgIpc) is 2.81. The maximum Gasteiger partial charge on any atom is 0.230 e. The fraction of sp³-hybridized carbons (Fsp3) is 0.160. The van der Waals surface area contributed by atoms with Gasteiger partial charge in [-0.3, -0.25) is 4.98 Å². The smallest absolute Gasteiger partial charge is 0.230 e. The first kappa shape index (κ1) is 24.6. The molecule has 0 radical (unpaired) electrons. The van der Waals surface area contributed by atoms with Gasteiger partial charge in [0.25, 0.3) is 0 Å². The van der Waals surface area contributed by atoms with Gasteiger partial charge >= 0.3 is 0 Å². The minimum absolute atomic E-state index is 0.259. The Labute approximate surface area is 210 Å². The van der Waals surface area contributed by atoms with Crippen molar-refractivity contribution >= 4 is 45.1 Å². The van der Waals surface area contributed by atoms with Crippen molar-refractivity contribution < 1.29 is 26.5 Å². The molecule has 1 N–H and O–H groups in total. The minimum atomic E-state index is -2.25. The highest BCUT2D eigenvalue weighted by Crippen LogP contribution is 2.38. The first-order chi connectivity index (χ1) is 17.2. The Bertz CT molecular complexity index is 1470. The lowest BCUT2D eigenvalue weighted by molar-refractivity contribution is 0.420. The van der Waals surface area contributed by atoms with Crippen LogP contribution in [0.2, 0.25) is 5.02 Å². The zero-order valence-electron chi connectivity index (χ0n) is 18.6. The molecule has 1 aliphatic heterocycles. The molecule has 1 saturated heterocycles. The maximum absolute atomic E-state index is 14.4. The molecule has 2 heterocycles. The molecular formula is C25H17ClF5N3OS. The standard InChI is InChI=1S/C25H17ClF5N3OS/c1-36(35)25-22(30)20(28)24(21(29)23(25)31)33-12-10-34(11-12)19-6-7-32-18-9-14(16(26)8-15(18)19)13-4-2-3-5-17(13)27/h2-9,12,33H,10-11H2,1H3. The molecule has 4 nitrogen and oxygen atoms in total. The predicted octanol–water partition coefficient (Wildman–Crippen LogP) is 6.29. The van der Waals surface area contributed by atoms with Crippen molar-refractivity contribution in [2.45, 2.75) is 10.9 Å². The molecule has 4 aromatic rings. The van der Waals surface area contributed by atoms with Crippen molar-refractivity contribution in [2.24, 2.45) is 0 Å². The van der Waals surface area contributed by atoms with E-state index in [1.807, 2.05) is 4.90 Å². The second-order valence-corrected chi connectivity index (χ2v) is 10.0. The SMILES string of the molecule is C[S+]([O-])c1c(F)c(F)c(NC2CN(c3ccnc4cc(-c5ccccc5F)c(Cl)cc34)C2)c(F)c1F. The number of halogens is 6. The van der Waals surface area contributed by atoms with E-state index in [1.165, 1.54) is 6.07 Å². The van der Waals surface area contributed by atoms with Gasteiger partial charge in [-0.25, -0.2) is 13.2 Å². The Morgan fingerprint density at radius 2 is 1.64 bits per heavy atom. The summed E-state index contributed by atoms with van der Waals surface area (Å²) in [7, 11) is 0. The summed E-state index contributed by atoms with van der Waals surface area (Å²) in [6, 6.07) is 10.8. The monoisotopic (exact) mass is 537 g/mol. The molecule has 3 aromatic carbocycles. The lowest BCUT2D eigenvalue weighted by atomic mass is 10.0. The lowest BCUT2D eigenvalue weighted by Gasteiger charge is -2.42. The number of nitrogens with zero attached hydrogens (tertiary/aromatic N) is 2. The number of fused-ring (bicyclic) bond motifs is 1. The molecular weight excluding hydrogens is 521 g/mol. The Balaban J connectivity index is 1.40. The third-order valence-electron chi connectivity index (χ3n) is 6.05. The fourth-order valence-electron chi connectivity index (χ4n) is 4.27. The third-order valence-corrected chi connectivity index (χ3v) is 7.30. The van der Waals surface area contributed by atoms with E-state index in [4.69, 9.17) is 11.6 Å². The molecule has 1 atom stereocenters. The summed E-state index contributed by atoms with van der Waals surface area (Å²) in [5.74, 6) is -7.04. The van der Waals surface area contributed by atoms with E-state index in [1.54, 1.807) is 42.6 Å². The largest absolute Gasteiger partial charge is 0.611 e. The molecule has 5 rings (SSSR count). The minimum Gasteiger partial charge on any atom is -0.611 e. The van der Waals surface area contributed by atoms with Crippen LogP contribution in [0.25, 0.3) is 22.0 Å². The van der Waals surface area contributed by atoms with Gasteiger partial charge in [-0.15, -0.1) is 0 Å². The van der Waals surface area contributed by atoms with E-state index in [2.05, 4.69) is 10.3 Å². The number of benzene rings is 3. The number of aromatic nitrogens is 1. The van der Waals surface area contributed by atoms with Crippen LogP contribution in [0.5, 0.6) is 0 Å². The summed E-state index contributed by atoms with van der Waals surface area (Å²) < 4.78 is 83.0. The Hall–Kier alpha value is -3.08. The van der Waals surface area contributed by atoms with Crippen molar-refractivity contribution in [1.29, 1.82) is 0 Å². The lowest BCUT2D eigenvalue weighted by Crippen LogP contribution is -2.55. The summed E-state index contributed by atoms with van der Waals surface area (Å²) in [5.41, 5.74) is 1.18. The Morgan fingerprint density at radius 1 is 0.972 bits per heavy atom. The van der Waals surface area contributed by atoms with Crippen molar-refractivity contribution in [3.8, 4) is 11.1 Å². The molecule has 1 unspecified atom stereocenters. The second-order valence-electron chi connectivity index (χ2n) is 8.32. The summed E-state index contributed by atoms with van der Waals surface area (Å²) in [5, 5.41) is 3.51. The summed E-state index contributed by atoms with van der Waals surface area (Å²) >= 11 is 4.24. The van der Waals surface area contributed by atoms with Crippen molar-refractivity contribution in [2.75, 3.05) is 29.6 Å². The molecule has 36 heavy (non-hydrogen) atoms. The molecule has 0 spiro atoms. The molecule has 11 heteroatoms. The second kappa shape index (κ2) is 9.42. The summed E-state index contributed by atoms with van der Waals surface area (Å²) in [6.07, 6.45) is 2.51. The summed E-state index contributed by atoms with van der Waals surface area (Å²) in [4.78, 5) is 5.10. The van der Waals surface area contributed by atoms with Crippen LogP contribution in [-0.4, -0.2) is 34.9 Å². The first-order valence-electron chi connectivity index (χ1n) is 10.7. The van der Waals surface area contributed by atoms with Crippen LogP contribution in [0.1, 0.15) is 0 Å². The highest BCUT2D eigenvalue weighted by Gasteiger charge is 2.35. The molecule has 186 valence electrons. The third kappa shape index (κ3) is 4.12. The van der Waals surface area contributed by atoms with Crippen molar-refractivity contribution in [3.05, 3.63) is 82.8 Å². The molecule has 1 aromatic heterocycles. The maximum atomic E-state index is 14.4. The highest BCUT2D eigenvalue weighted by molar-refractivity contribution is 7.90. The fourth-order valence-corrected chi connectivity index (χ4v) is 5.22. The van der Waals surface area contributed by atoms with Gasteiger partial charge in [-0.1, -0.05) is 29.8 Å². The van der Waals surface area contributed by atoms with Crippen LogP contribution < -0.4 is 10.2 Å². The van der Waals surface area contributed by atoms with Crippen molar-refractivity contribution in [1.82, 2.24) is 4.98 Å². The molecule has 0 bridgehead atoms. The van der Waals surface area contributed by atoms with E-state index >= 15 is 0 Å². The molecule has 0 amide bonds. The zero-order chi connectivity index (χ0) is 25.7. The molecule has 0 saturated carbocycles. The van der Waals surface area contributed by atoms with Gasteiger partial charge in [-0.2, -0.15) is 8.78 Å². The topological polar surface area (TPSA) is 51.2 Å². The normalized spacial score (nSPS) is 14.7. The average molecular weight is 538 g/mol. The van der Waals surface area contributed by atoms with Crippen LogP contribution >= 0.6 is 11.6 Å². The number of pyridine rings is 1. The number of anilines is 2. The number of rotatable bonds is 5. The highest BCUT2D eigenvalue weighted by atomic mass is 35.5. The van der Waals surface area contributed by atoms with Gasteiger partial charge in [0.15, 0.2) is 11.6 Å². The number of hydrogen-bond donors (Lipinski definition) is 1. The Morgan fingerprint density at radius 3 is 2.28 bits per heavy atom. The van der Waals surface area contributed by atoms with E-state index in [9.17, 15) is 26.5 Å². The van der Waals surface area contributed by atoms with E-state index in [0.717, 1.165) is 11.9 Å². The molecule has 1 aliphatic rings. The van der Waals surface area contributed by atoms with E-state index in [-0.39, 0.29) is 13.1 Å². The van der Waals surface area contributed by atoms with Gasteiger partial charge in [0.2, 0.25) is 16.5 Å². The Kier molecular flexibility index (Phi) is 6.44. The summed E-state index contributed by atoms with van der Waals surface area (Å²) in [6.45, 7) is 0.519. The van der Waals surface area contributed by atoms with Crippen LogP contribution in [-0.2, 0) is 11.2 Å². The van der Waals surface area contributed by atoms with Gasteiger partial charge in [0.05, 0.1) is 11.6 Å². The van der Waals surface area contributed by atoms with Gasteiger partial charge < -0.3 is 14.8 Å². The van der Waals surface area contributed by atoms with Crippen LogP contribution in [0.4, 0.5) is 33.3 Å².